The van der Waals surface area contributed by atoms with Gasteiger partial charge in [-0.2, -0.15) is 0 Å². The van der Waals surface area contributed by atoms with Crippen LogP contribution < -0.4 is 16.4 Å². The number of rotatable bonds is 1. The van der Waals surface area contributed by atoms with E-state index in [1.807, 2.05) is 6.20 Å². The third kappa shape index (κ3) is 2.29. The minimum atomic E-state index is 0.145. The van der Waals surface area contributed by atoms with Crippen LogP contribution in [0.15, 0.2) is 116 Å². The number of hydrogen-bond donors (Lipinski definition) is 0. The summed E-state index contributed by atoms with van der Waals surface area (Å²) in [5, 5.41) is 5.18. The summed E-state index contributed by atoms with van der Waals surface area (Å²) in [6.45, 7) is 0.145. The smallest absolute Gasteiger partial charge is 0.252 e. The Morgan fingerprint density at radius 3 is 1.69 bits per heavy atom. The quantitative estimate of drug-likeness (QED) is 0.284. The molecule has 8 aromatic rings. The lowest BCUT2D eigenvalue weighted by molar-refractivity contribution is 1.14. The molecule has 0 atom stereocenters. The molecule has 2 aliphatic heterocycles. The molecule has 39 heavy (non-hydrogen) atoms. The van der Waals surface area contributed by atoms with Crippen molar-refractivity contribution < 1.29 is 0 Å². The molecule has 0 unspecified atom stereocenters. The van der Waals surface area contributed by atoms with Crippen LogP contribution in [-0.2, 0) is 0 Å². The van der Waals surface area contributed by atoms with Crippen molar-refractivity contribution in [3.8, 4) is 22.6 Å². The van der Waals surface area contributed by atoms with Crippen LogP contribution in [0.3, 0.4) is 0 Å². The molecule has 0 spiro atoms. The van der Waals surface area contributed by atoms with Gasteiger partial charge in [-0.1, -0.05) is 72.8 Å². The summed E-state index contributed by atoms with van der Waals surface area (Å²) in [6, 6.07) is 35.9. The molecule has 0 N–H and O–H groups in total. The third-order valence-electron chi connectivity index (χ3n) is 8.84. The van der Waals surface area contributed by atoms with E-state index in [0.717, 1.165) is 11.3 Å². The standard InChI is InChI=1S/C34H19BN4/c1-3-13-28-21(7-1)23-9-5-11-25-33(23)38(28)30-17-20(27-19-36-15-16-37-27)18-31-32(30)35(25)26-12-6-10-24-22-8-2-4-14-29(22)39(31)34(24)26/h1-19H. The molecule has 0 amide bonds. The van der Waals surface area contributed by atoms with Crippen LogP contribution in [0.1, 0.15) is 0 Å². The number of aromatic nitrogens is 4. The number of fused-ring (bicyclic) bond motifs is 10. The van der Waals surface area contributed by atoms with Gasteiger partial charge in [-0.25, -0.2) is 0 Å². The van der Waals surface area contributed by atoms with E-state index in [9.17, 15) is 0 Å². The SMILES string of the molecule is c1ccc2c(c1)c1cccc3c1n2-c1cc(-c2cnccn2)cc2c1B3c1cccc3c4ccccc4n-2c13. The Labute approximate surface area is 223 Å². The van der Waals surface area contributed by atoms with E-state index in [1.165, 1.54) is 71.4 Å². The molecule has 5 heterocycles. The van der Waals surface area contributed by atoms with Crippen molar-refractivity contribution in [1.29, 1.82) is 0 Å². The van der Waals surface area contributed by atoms with Crippen molar-refractivity contribution in [3.05, 3.63) is 116 Å². The van der Waals surface area contributed by atoms with Crippen LogP contribution in [-0.4, -0.2) is 25.8 Å². The van der Waals surface area contributed by atoms with Gasteiger partial charge in [0.25, 0.3) is 6.71 Å². The first-order valence-electron chi connectivity index (χ1n) is 13.4. The molecule has 0 saturated heterocycles. The Bertz CT molecular complexity index is 2200. The summed E-state index contributed by atoms with van der Waals surface area (Å²) in [5.41, 5.74) is 13.6. The summed E-state index contributed by atoms with van der Waals surface area (Å²) in [6.07, 6.45) is 5.38. The van der Waals surface area contributed by atoms with Gasteiger partial charge in [0.05, 0.1) is 22.9 Å². The predicted molar refractivity (Wildman–Crippen MR) is 161 cm³/mol. The number of para-hydroxylation sites is 4. The topological polar surface area (TPSA) is 35.6 Å². The van der Waals surface area contributed by atoms with E-state index >= 15 is 0 Å². The molecule has 10 rings (SSSR count). The van der Waals surface area contributed by atoms with Crippen LogP contribution in [0.5, 0.6) is 0 Å². The van der Waals surface area contributed by atoms with E-state index in [4.69, 9.17) is 4.98 Å². The Balaban J connectivity index is 1.49. The molecule has 178 valence electrons. The average molecular weight is 494 g/mol. The summed E-state index contributed by atoms with van der Waals surface area (Å²) >= 11 is 0. The van der Waals surface area contributed by atoms with Crippen LogP contribution in [0.2, 0.25) is 0 Å². The normalized spacial score (nSPS) is 13.1. The van der Waals surface area contributed by atoms with Gasteiger partial charge in [-0.05, 0) is 40.7 Å². The lowest BCUT2D eigenvalue weighted by Gasteiger charge is -2.34. The largest absolute Gasteiger partial charge is 0.310 e. The zero-order chi connectivity index (χ0) is 25.2. The average Bonchev–Trinajstić information content (AvgIpc) is 3.52. The molecule has 4 nitrogen and oxygen atoms in total. The summed E-state index contributed by atoms with van der Waals surface area (Å²) in [5.74, 6) is 0. The van der Waals surface area contributed by atoms with Crippen molar-refractivity contribution in [1.82, 2.24) is 19.1 Å². The van der Waals surface area contributed by atoms with Gasteiger partial charge in [-0.15, -0.1) is 0 Å². The highest BCUT2D eigenvalue weighted by Crippen LogP contribution is 2.40. The maximum absolute atomic E-state index is 4.72. The molecule has 0 radical (unpaired) electrons. The molecule has 3 aromatic heterocycles. The fraction of sp³-hybridized carbons (Fsp3) is 0. The molecule has 2 aliphatic rings. The van der Waals surface area contributed by atoms with E-state index in [-0.39, 0.29) is 6.71 Å². The highest BCUT2D eigenvalue weighted by molar-refractivity contribution is 7.00. The van der Waals surface area contributed by atoms with Gasteiger partial charge in [0.1, 0.15) is 0 Å². The van der Waals surface area contributed by atoms with E-state index in [1.54, 1.807) is 12.4 Å². The number of hydrogen-bond acceptors (Lipinski definition) is 2. The van der Waals surface area contributed by atoms with Crippen LogP contribution >= 0.6 is 0 Å². The first kappa shape index (κ1) is 19.9. The first-order chi connectivity index (χ1) is 19.4. The second kappa shape index (κ2) is 6.83. The van der Waals surface area contributed by atoms with Gasteiger partial charge in [0.15, 0.2) is 0 Å². The zero-order valence-corrected chi connectivity index (χ0v) is 20.8. The van der Waals surface area contributed by atoms with Gasteiger partial charge in [-0.3, -0.25) is 9.97 Å². The molecule has 0 bridgehead atoms. The van der Waals surface area contributed by atoms with Gasteiger partial charge >= 0.3 is 0 Å². The molecule has 0 saturated carbocycles. The van der Waals surface area contributed by atoms with Crippen molar-refractivity contribution in [2.75, 3.05) is 0 Å². The molecule has 5 heteroatoms. The highest BCUT2D eigenvalue weighted by Gasteiger charge is 2.40. The summed E-state index contributed by atoms with van der Waals surface area (Å²) < 4.78 is 4.98. The Morgan fingerprint density at radius 1 is 0.564 bits per heavy atom. The molecular formula is C34H19BN4. The van der Waals surface area contributed by atoms with Gasteiger partial charge < -0.3 is 9.13 Å². The Hall–Kier alpha value is -5.16. The predicted octanol–water partition coefficient (Wildman–Crippen LogP) is 5.48. The lowest BCUT2D eigenvalue weighted by Crippen LogP contribution is -2.59. The zero-order valence-electron chi connectivity index (χ0n) is 20.8. The fourth-order valence-electron chi connectivity index (χ4n) is 7.42. The van der Waals surface area contributed by atoms with E-state index in [2.05, 4.69) is 111 Å². The minimum Gasteiger partial charge on any atom is -0.310 e. The first-order valence-corrected chi connectivity index (χ1v) is 13.4. The second-order valence-electron chi connectivity index (χ2n) is 10.6. The molecule has 0 fully saturated rings. The Morgan fingerprint density at radius 2 is 1.13 bits per heavy atom. The van der Waals surface area contributed by atoms with Crippen molar-refractivity contribution in [3.63, 3.8) is 0 Å². The molecule has 0 aliphatic carbocycles. The van der Waals surface area contributed by atoms with Crippen molar-refractivity contribution in [2.45, 2.75) is 0 Å². The molecular weight excluding hydrogens is 475 g/mol. The summed E-state index contributed by atoms with van der Waals surface area (Å²) in [7, 11) is 0. The van der Waals surface area contributed by atoms with E-state index < -0.39 is 0 Å². The van der Waals surface area contributed by atoms with E-state index in [0.29, 0.717) is 0 Å². The van der Waals surface area contributed by atoms with Gasteiger partial charge in [0, 0.05) is 61.9 Å². The van der Waals surface area contributed by atoms with Crippen LogP contribution in [0.25, 0.3) is 66.2 Å². The van der Waals surface area contributed by atoms with Crippen molar-refractivity contribution >= 4 is 66.7 Å². The maximum Gasteiger partial charge on any atom is 0.252 e. The third-order valence-corrected chi connectivity index (χ3v) is 8.84. The van der Waals surface area contributed by atoms with Crippen LogP contribution in [0, 0.1) is 0 Å². The second-order valence-corrected chi connectivity index (χ2v) is 10.6. The van der Waals surface area contributed by atoms with Gasteiger partial charge in [0.2, 0.25) is 0 Å². The Kier molecular flexibility index (Phi) is 3.48. The fourth-order valence-corrected chi connectivity index (χ4v) is 7.42. The summed E-state index contributed by atoms with van der Waals surface area (Å²) in [4.78, 5) is 9.13. The van der Waals surface area contributed by atoms with Crippen LogP contribution in [0.4, 0.5) is 0 Å². The number of nitrogens with zero attached hydrogens (tertiary/aromatic N) is 4. The minimum absolute atomic E-state index is 0.145. The highest BCUT2D eigenvalue weighted by atomic mass is 15.0. The number of benzene rings is 5. The molecule has 5 aromatic carbocycles. The lowest BCUT2D eigenvalue weighted by atomic mass is 9.34. The maximum atomic E-state index is 4.72. The monoisotopic (exact) mass is 494 g/mol. The van der Waals surface area contributed by atoms with Crippen molar-refractivity contribution in [2.24, 2.45) is 0 Å².